The number of nitrogen functional groups attached to an aromatic ring is 1. The van der Waals surface area contributed by atoms with Gasteiger partial charge in [-0.05, 0) is 24.6 Å². The molecule has 0 aliphatic heterocycles. The summed E-state index contributed by atoms with van der Waals surface area (Å²) in [5.41, 5.74) is 7.88. The highest BCUT2D eigenvalue weighted by Crippen LogP contribution is 2.18. The molecule has 0 radical (unpaired) electrons. The van der Waals surface area contributed by atoms with Crippen molar-refractivity contribution in [3.05, 3.63) is 48.2 Å². The normalized spacial score (nSPS) is 11.1. The average molecular weight is 267 g/mol. The molecule has 0 amide bonds. The lowest BCUT2D eigenvalue weighted by molar-refractivity contribution is 0.659. The Bertz CT molecular complexity index is 732. The van der Waals surface area contributed by atoms with E-state index in [2.05, 4.69) is 27.5 Å². The molecule has 0 aliphatic rings. The van der Waals surface area contributed by atoms with Crippen molar-refractivity contribution in [2.45, 2.75) is 26.3 Å². The summed E-state index contributed by atoms with van der Waals surface area (Å²) in [5.74, 6) is 2.18. The molecule has 102 valence electrons. The van der Waals surface area contributed by atoms with E-state index in [4.69, 9.17) is 10.7 Å². The van der Waals surface area contributed by atoms with Crippen LogP contribution < -0.4 is 5.73 Å². The van der Waals surface area contributed by atoms with Crippen molar-refractivity contribution in [1.82, 2.24) is 19.5 Å². The summed E-state index contributed by atoms with van der Waals surface area (Å²) in [6.45, 7) is 3.10. The summed E-state index contributed by atoms with van der Waals surface area (Å²) >= 11 is 0. The lowest BCUT2D eigenvalue weighted by atomic mass is 10.3. The van der Waals surface area contributed by atoms with E-state index >= 15 is 0 Å². The van der Waals surface area contributed by atoms with Crippen molar-refractivity contribution in [3.63, 3.8) is 0 Å². The van der Waals surface area contributed by atoms with Gasteiger partial charge in [0.1, 0.15) is 17.5 Å². The molecular formula is C15H17N5. The minimum atomic E-state index is 0.494. The Morgan fingerprint density at radius 3 is 2.80 bits per heavy atom. The fraction of sp³-hybridized carbons (Fsp3) is 0.267. The topological polar surface area (TPSA) is 69.6 Å². The summed E-state index contributed by atoms with van der Waals surface area (Å²) in [4.78, 5) is 13.2. The van der Waals surface area contributed by atoms with Crippen molar-refractivity contribution in [2.24, 2.45) is 0 Å². The van der Waals surface area contributed by atoms with Gasteiger partial charge in [-0.15, -0.1) is 0 Å². The molecule has 0 aliphatic carbocycles. The summed E-state index contributed by atoms with van der Waals surface area (Å²) in [7, 11) is 0. The predicted molar refractivity (Wildman–Crippen MR) is 79.3 cm³/mol. The number of para-hydroxylation sites is 2. The second-order valence-electron chi connectivity index (χ2n) is 4.74. The number of nitrogens with two attached hydrogens (primary N) is 1. The van der Waals surface area contributed by atoms with Crippen molar-refractivity contribution >= 4 is 16.9 Å². The smallest absolute Gasteiger partial charge is 0.138 e. The molecule has 0 spiro atoms. The van der Waals surface area contributed by atoms with E-state index in [0.29, 0.717) is 18.1 Å². The molecule has 1 aromatic carbocycles. The fourth-order valence-corrected chi connectivity index (χ4v) is 2.37. The molecule has 0 fully saturated rings. The maximum absolute atomic E-state index is 5.71. The quantitative estimate of drug-likeness (QED) is 0.788. The third kappa shape index (κ3) is 2.34. The maximum atomic E-state index is 5.71. The SMILES string of the molecule is CCCn1c(Cc2nccc(N)n2)nc2ccccc21. The highest BCUT2D eigenvalue weighted by molar-refractivity contribution is 5.75. The van der Waals surface area contributed by atoms with E-state index in [9.17, 15) is 0 Å². The molecule has 0 saturated carbocycles. The average Bonchev–Trinajstić information content (AvgIpc) is 2.77. The van der Waals surface area contributed by atoms with Gasteiger partial charge in [0.25, 0.3) is 0 Å². The first-order valence-electron chi connectivity index (χ1n) is 6.79. The maximum Gasteiger partial charge on any atom is 0.138 e. The van der Waals surface area contributed by atoms with Crippen LogP contribution in [0.3, 0.4) is 0 Å². The van der Waals surface area contributed by atoms with E-state index in [1.165, 1.54) is 0 Å². The number of aryl methyl sites for hydroxylation is 1. The van der Waals surface area contributed by atoms with Crippen molar-refractivity contribution < 1.29 is 0 Å². The van der Waals surface area contributed by atoms with Gasteiger partial charge in [0.2, 0.25) is 0 Å². The Balaban J connectivity index is 2.04. The van der Waals surface area contributed by atoms with Crippen molar-refractivity contribution in [3.8, 4) is 0 Å². The van der Waals surface area contributed by atoms with E-state index < -0.39 is 0 Å². The Labute approximate surface area is 117 Å². The number of hydrogen-bond acceptors (Lipinski definition) is 4. The highest BCUT2D eigenvalue weighted by Gasteiger charge is 2.11. The van der Waals surface area contributed by atoms with E-state index in [1.807, 2.05) is 18.2 Å². The Morgan fingerprint density at radius 2 is 2.00 bits per heavy atom. The van der Waals surface area contributed by atoms with Gasteiger partial charge in [0.15, 0.2) is 0 Å². The zero-order valence-electron chi connectivity index (χ0n) is 11.5. The van der Waals surface area contributed by atoms with Gasteiger partial charge in [-0.3, -0.25) is 0 Å². The van der Waals surface area contributed by atoms with Crippen molar-refractivity contribution in [2.75, 3.05) is 5.73 Å². The highest BCUT2D eigenvalue weighted by atomic mass is 15.1. The van der Waals surface area contributed by atoms with E-state index in [-0.39, 0.29) is 0 Å². The minimum absolute atomic E-state index is 0.494. The molecule has 0 atom stereocenters. The third-order valence-electron chi connectivity index (χ3n) is 3.22. The van der Waals surface area contributed by atoms with Crippen LogP contribution in [0.5, 0.6) is 0 Å². The van der Waals surface area contributed by atoms with Crippen LogP contribution in [0.2, 0.25) is 0 Å². The first kappa shape index (κ1) is 12.6. The molecule has 5 nitrogen and oxygen atoms in total. The number of anilines is 1. The van der Waals surface area contributed by atoms with Crippen LogP contribution >= 0.6 is 0 Å². The second-order valence-corrected chi connectivity index (χ2v) is 4.74. The number of benzene rings is 1. The molecule has 20 heavy (non-hydrogen) atoms. The van der Waals surface area contributed by atoms with Crippen LogP contribution in [0, 0.1) is 0 Å². The van der Waals surface area contributed by atoms with Gasteiger partial charge in [-0.1, -0.05) is 19.1 Å². The lowest BCUT2D eigenvalue weighted by Gasteiger charge is -2.07. The molecule has 2 heterocycles. The number of imidazole rings is 1. The van der Waals surface area contributed by atoms with Crippen LogP contribution in [-0.4, -0.2) is 19.5 Å². The number of nitrogens with zero attached hydrogens (tertiary/aromatic N) is 4. The molecule has 0 saturated heterocycles. The number of aromatic nitrogens is 4. The Morgan fingerprint density at radius 1 is 1.15 bits per heavy atom. The molecule has 3 aromatic rings. The van der Waals surface area contributed by atoms with Gasteiger partial charge in [0.05, 0.1) is 17.5 Å². The lowest BCUT2D eigenvalue weighted by Crippen LogP contribution is -2.07. The largest absolute Gasteiger partial charge is 0.384 e. The molecule has 0 bridgehead atoms. The van der Waals surface area contributed by atoms with Crippen LogP contribution in [-0.2, 0) is 13.0 Å². The third-order valence-corrected chi connectivity index (χ3v) is 3.22. The molecular weight excluding hydrogens is 250 g/mol. The summed E-state index contributed by atoms with van der Waals surface area (Å²) in [6.07, 6.45) is 3.34. The first-order valence-corrected chi connectivity index (χ1v) is 6.79. The molecule has 0 unspecified atom stereocenters. The standard InChI is InChI=1S/C15H17N5/c1-2-9-20-12-6-4-3-5-11(12)18-15(20)10-14-17-8-7-13(16)19-14/h3-8H,2,9-10H2,1H3,(H2,16,17,19). The van der Waals surface area contributed by atoms with Crippen molar-refractivity contribution in [1.29, 1.82) is 0 Å². The molecule has 2 aromatic heterocycles. The number of rotatable bonds is 4. The second kappa shape index (κ2) is 5.28. The zero-order valence-corrected chi connectivity index (χ0v) is 11.5. The molecule has 3 rings (SSSR count). The first-order chi connectivity index (χ1) is 9.78. The predicted octanol–water partition coefficient (Wildman–Crippen LogP) is 2.41. The zero-order chi connectivity index (χ0) is 13.9. The monoisotopic (exact) mass is 267 g/mol. The summed E-state index contributed by atoms with van der Waals surface area (Å²) in [6, 6.07) is 9.87. The summed E-state index contributed by atoms with van der Waals surface area (Å²) in [5, 5.41) is 0. The van der Waals surface area contributed by atoms with Gasteiger partial charge in [-0.2, -0.15) is 0 Å². The van der Waals surface area contributed by atoms with Crippen LogP contribution in [0.1, 0.15) is 25.0 Å². The van der Waals surface area contributed by atoms with Gasteiger partial charge >= 0.3 is 0 Å². The van der Waals surface area contributed by atoms with Gasteiger partial charge in [-0.25, -0.2) is 15.0 Å². The number of hydrogen-bond donors (Lipinski definition) is 1. The van der Waals surface area contributed by atoms with E-state index in [1.54, 1.807) is 12.3 Å². The molecule has 5 heteroatoms. The van der Waals surface area contributed by atoms with Gasteiger partial charge in [0, 0.05) is 12.7 Å². The van der Waals surface area contributed by atoms with Crippen LogP contribution in [0.15, 0.2) is 36.5 Å². The van der Waals surface area contributed by atoms with Crippen LogP contribution in [0.25, 0.3) is 11.0 Å². The minimum Gasteiger partial charge on any atom is -0.384 e. The fourth-order valence-electron chi connectivity index (χ4n) is 2.37. The number of fused-ring (bicyclic) bond motifs is 1. The van der Waals surface area contributed by atoms with Gasteiger partial charge < -0.3 is 10.3 Å². The Hall–Kier alpha value is -2.43. The van der Waals surface area contributed by atoms with Crippen LogP contribution in [0.4, 0.5) is 5.82 Å². The van der Waals surface area contributed by atoms with E-state index in [0.717, 1.165) is 29.8 Å². The Kier molecular flexibility index (Phi) is 3.33. The summed E-state index contributed by atoms with van der Waals surface area (Å²) < 4.78 is 2.24. The molecule has 2 N–H and O–H groups in total.